The number of nitrogens with zero attached hydrogens (tertiary/aromatic N) is 3. The van der Waals surface area contributed by atoms with Gasteiger partial charge in [0.05, 0.1) is 4.92 Å². The summed E-state index contributed by atoms with van der Waals surface area (Å²) in [5.41, 5.74) is -1.82. The molecule has 1 rings (SSSR count). The molecule has 0 spiro atoms. The van der Waals surface area contributed by atoms with Crippen molar-refractivity contribution in [2.45, 2.75) is 13.8 Å². The van der Waals surface area contributed by atoms with Gasteiger partial charge >= 0.3 is 5.69 Å². The van der Waals surface area contributed by atoms with E-state index in [9.17, 15) is 30.2 Å². The standard InChI is InChI=1S/C15H17N3O6/c1-8(2)7-17(3)15(22)10(6-16)13(20)9-4-11(18(23)24)14(21)12(19)5-9/h4-5,8,19-21H,7H2,1-3H3/b13-10-. The lowest BCUT2D eigenvalue weighted by atomic mass is 10.1. The molecular weight excluding hydrogens is 318 g/mol. The molecule has 0 aliphatic carbocycles. The molecule has 0 bridgehead atoms. The molecule has 128 valence electrons. The highest BCUT2D eigenvalue weighted by molar-refractivity contribution is 6.03. The molecule has 0 heterocycles. The summed E-state index contributed by atoms with van der Waals surface area (Å²) in [4.78, 5) is 23.3. The Kier molecular flexibility index (Phi) is 5.73. The van der Waals surface area contributed by atoms with Gasteiger partial charge in [-0.15, -0.1) is 0 Å². The van der Waals surface area contributed by atoms with Crippen molar-refractivity contribution in [1.29, 1.82) is 5.26 Å². The van der Waals surface area contributed by atoms with E-state index in [2.05, 4.69) is 0 Å². The maximum Gasteiger partial charge on any atom is 0.315 e. The molecular formula is C15H17N3O6. The third-order valence-corrected chi connectivity index (χ3v) is 3.09. The number of aliphatic hydroxyl groups is 1. The summed E-state index contributed by atoms with van der Waals surface area (Å²) < 4.78 is 0. The summed E-state index contributed by atoms with van der Waals surface area (Å²) in [7, 11) is 1.45. The highest BCUT2D eigenvalue weighted by Crippen LogP contribution is 2.38. The summed E-state index contributed by atoms with van der Waals surface area (Å²) in [5.74, 6) is -3.29. The number of nitriles is 1. The van der Waals surface area contributed by atoms with Crippen LogP contribution in [0.5, 0.6) is 11.5 Å². The van der Waals surface area contributed by atoms with Crippen LogP contribution in [0.2, 0.25) is 0 Å². The van der Waals surface area contributed by atoms with E-state index in [-0.39, 0.29) is 11.5 Å². The largest absolute Gasteiger partial charge is 0.506 e. The number of nitro groups is 1. The predicted molar refractivity (Wildman–Crippen MR) is 84.1 cm³/mol. The van der Waals surface area contributed by atoms with Gasteiger partial charge in [0.15, 0.2) is 11.3 Å². The third kappa shape index (κ3) is 3.92. The molecule has 1 amide bonds. The zero-order valence-electron chi connectivity index (χ0n) is 13.3. The van der Waals surface area contributed by atoms with Crippen LogP contribution in [0.3, 0.4) is 0 Å². The number of amides is 1. The van der Waals surface area contributed by atoms with Crippen LogP contribution in [-0.2, 0) is 4.79 Å². The van der Waals surface area contributed by atoms with Crippen LogP contribution in [0.25, 0.3) is 5.76 Å². The highest BCUT2D eigenvalue weighted by atomic mass is 16.6. The van der Waals surface area contributed by atoms with E-state index in [4.69, 9.17) is 5.26 Å². The number of nitro benzene ring substituents is 1. The van der Waals surface area contributed by atoms with Crippen LogP contribution in [0.4, 0.5) is 5.69 Å². The fourth-order valence-electron chi connectivity index (χ4n) is 2.05. The second-order valence-electron chi connectivity index (χ2n) is 5.54. The minimum absolute atomic E-state index is 0.125. The molecule has 9 heteroatoms. The van der Waals surface area contributed by atoms with E-state index >= 15 is 0 Å². The second-order valence-corrected chi connectivity index (χ2v) is 5.54. The number of carbonyl (C=O) groups excluding carboxylic acids is 1. The Labute approximate surface area is 137 Å². The van der Waals surface area contributed by atoms with Gasteiger partial charge in [-0.1, -0.05) is 13.8 Å². The van der Waals surface area contributed by atoms with Gasteiger partial charge in [0, 0.05) is 25.2 Å². The summed E-state index contributed by atoms with van der Waals surface area (Å²) >= 11 is 0. The van der Waals surface area contributed by atoms with Crippen LogP contribution in [0, 0.1) is 27.4 Å². The third-order valence-electron chi connectivity index (χ3n) is 3.09. The first kappa shape index (κ1) is 18.8. The Balaban J connectivity index is 3.42. The number of carbonyl (C=O) groups is 1. The van der Waals surface area contributed by atoms with Crippen molar-refractivity contribution < 1.29 is 25.0 Å². The predicted octanol–water partition coefficient (Wildman–Crippen LogP) is 1.91. The average Bonchev–Trinajstić information content (AvgIpc) is 2.49. The van der Waals surface area contributed by atoms with Gasteiger partial charge in [0.1, 0.15) is 11.8 Å². The zero-order valence-corrected chi connectivity index (χ0v) is 13.3. The van der Waals surface area contributed by atoms with Crippen LogP contribution in [0.1, 0.15) is 19.4 Å². The van der Waals surface area contributed by atoms with Crippen molar-refractivity contribution in [1.82, 2.24) is 4.90 Å². The first-order chi connectivity index (χ1) is 11.1. The first-order valence-electron chi connectivity index (χ1n) is 6.89. The highest BCUT2D eigenvalue weighted by Gasteiger charge is 2.25. The van der Waals surface area contributed by atoms with Crippen molar-refractivity contribution in [2.24, 2.45) is 5.92 Å². The first-order valence-corrected chi connectivity index (χ1v) is 6.89. The Morgan fingerprint density at radius 3 is 2.46 bits per heavy atom. The minimum atomic E-state index is -0.974. The summed E-state index contributed by atoms with van der Waals surface area (Å²) in [6, 6.07) is 3.15. The maximum atomic E-state index is 12.2. The molecule has 0 aromatic heterocycles. The molecule has 0 radical (unpaired) electrons. The van der Waals surface area contributed by atoms with E-state index in [0.29, 0.717) is 6.54 Å². The van der Waals surface area contributed by atoms with Gasteiger partial charge in [0.25, 0.3) is 5.91 Å². The van der Waals surface area contributed by atoms with E-state index in [0.717, 1.165) is 12.1 Å². The van der Waals surface area contributed by atoms with Crippen molar-refractivity contribution >= 4 is 17.4 Å². The quantitative estimate of drug-likeness (QED) is 0.186. The van der Waals surface area contributed by atoms with Crippen LogP contribution in [-0.4, -0.2) is 44.6 Å². The number of hydrogen-bond donors (Lipinski definition) is 3. The van der Waals surface area contributed by atoms with Crippen LogP contribution in [0.15, 0.2) is 17.7 Å². The molecule has 0 saturated carbocycles. The average molecular weight is 335 g/mol. The van der Waals surface area contributed by atoms with Gasteiger partial charge in [-0.25, -0.2) is 0 Å². The van der Waals surface area contributed by atoms with Crippen molar-refractivity contribution in [3.63, 3.8) is 0 Å². The van der Waals surface area contributed by atoms with E-state index in [1.807, 2.05) is 13.8 Å². The normalized spacial score (nSPS) is 11.6. The molecule has 0 fully saturated rings. The summed E-state index contributed by atoms with van der Waals surface area (Å²) in [6.45, 7) is 4.06. The van der Waals surface area contributed by atoms with E-state index < -0.39 is 39.3 Å². The molecule has 9 nitrogen and oxygen atoms in total. The molecule has 0 unspecified atom stereocenters. The molecule has 1 aromatic rings. The van der Waals surface area contributed by atoms with E-state index in [1.165, 1.54) is 11.9 Å². The zero-order chi connectivity index (χ0) is 18.6. The summed E-state index contributed by atoms with van der Waals surface area (Å²) in [6.07, 6.45) is 0. The van der Waals surface area contributed by atoms with Crippen molar-refractivity contribution in [3.8, 4) is 17.6 Å². The number of rotatable bonds is 5. The smallest absolute Gasteiger partial charge is 0.315 e. The molecule has 0 aliphatic heterocycles. The number of hydrogen-bond acceptors (Lipinski definition) is 7. The molecule has 0 atom stereocenters. The topological polar surface area (TPSA) is 148 Å². The van der Waals surface area contributed by atoms with Crippen molar-refractivity contribution in [2.75, 3.05) is 13.6 Å². The Hall–Kier alpha value is -3.28. The monoisotopic (exact) mass is 335 g/mol. The Morgan fingerprint density at radius 2 is 2.00 bits per heavy atom. The Bertz CT molecular complexity index is 748. The van der Waals surface area contributed by atoms with Gasteiger partial charge in [0.2, 0.25) is 5.75 Å². The molecule has 0 saturated heterocycles. The minimum Gasteiger partial charge on any atom is -0.506 e. The molecule has 0 aliphatic rings. The van der Waals surface area contributed by atoms with Gasteiger partial charge < -0.3 is 20.2 Å². The molecule has 1 aromatic carbocycles. The van der Waals surface area contributed by atoms with Crippen molar-refractivity contribution in [3.05, 3.63) is 33.4 Å². The SMILES string of the molecule is CC(C)CN(C)C(=O)/C(C#N)=C(\O)c1cc(O)c(O)c([N+](=O)[O-])c1. The van der Waals surface area contributed by atoms with Crippen LogP contribution < -0.4 is 0 Å². The summed E-state index contributed by atoms with van der Waals surface area (Å²) in [5, 5.41) is 49.1. The van der Waals surface area contributed by atoms with Crippen LogP contribution >= 0.6 is 0 Å². The number of phenols is 2. The fourth-order valence-corrected chi connectivity index (χ4v) is 2.05. The lowest BCUT2D eigenvalue weighted by Gasteiger charge is -2.19. The second kappa shape index (κ2) is 7.32. The van der Waals surface area contributed by atoms with Gasteiger partial charge in [-0.3, -0.25) is 14.9 Å². The number of phenolic OH excluding ortho intramolecular Hbond substituents is 2. The van der Waals surface area contributed by atoms with Gasteiger partial charge in [-0.2, -0.15) is 5.26 Å². The molecule has 3 N–H and O–H groups in total. The number of aromatic hydroxyl groups is 2. The van der Waals surface area contributed by atoms with Gasteiger partial charge in [-0.05, 0) is 12.0 Å². The Morgan fingerprint density at radius 1 is 1.42 bits per heavy atom. The lowest BCUT2D eigenvalue weighted by Crippen LogP contribution is -2.31. The number of benzene rings is 1. The lowest BCUT2D eigenvalue weighted by molar-refractivity contribution is -0.386. The maximum absolute atomic E-state index is 12.2. The number of aliphatic hydroxyl groups excluding tert-OH is 1. The fraction of sp³-hybridized carbons (Fsp3) is 0.333. The van der Waals surface area contributed by atoms with E-state index in [1.54, 1.807) is 6.07 Å². The molecule has 24 heavy (non-hydrogen) atoms. The number of likely N-dealkylation sites (N-methyl/N-ethyl adjacent to an activating group) is 1.